The van der Waals surface area contributed by atoms with E-state index in [9.17, 15) is 9.18 Å². The summed E-state index contributed by atoms with van der Waals surface area (Å²) in [6, 6.07) is 8.03. The number of amides is 1. The van der Waals surface area contributed by atoms with Crippen LogP contribution in [-0.4, -0.2) is 35.1 Å². The molecular weight excluding hydrogens is 399 g/mol. The molecule has 1 amide bonds. The van der Waals surface area contributed by atoms with E-state index in [1.807, 2.05) is 38.1 Å². The summed E-state index contributed by atoms with van der Waals surface area (Å²) in [6.45, 7) is 3.87. The summed E-state index contributed by atoms with van der Waals surface area (Å²) in [5, 5.41) is 6.94. The number of methoxy groups -OCH3 is 1. The van der Waals surface area contributed by atoms with Crippen LogP contribution in [-0.2, 0) is 0 Å². The van der Waals surface area contributed by atoms with Crippen LogP contribution in [0.1, 0.15) is 37.0 Å². The number of halogens is 1. The molecule has 164 valence electrons. The normalized spacial score (nSPS) is 12.9. The number of rotatable bonds is 9. The zero-order valence-corrected chi connectivity index (χ0v) is 17.8. The highest BCUT2D eigenvalue weighted by molar-refractivity contribution is 5.99. The van der Waals surface area contributed by atoms with Gasteiger partial charge in [0.2, 0.25) is 0 Å². The summed E-state index contributed by atoms with van der Waals surface area (Å²) in [5.74, 6) is -0.641. The van der Waals surface area contributed by atoms with Crippen LogP contribution in [0.15, 0.2) is 36.5 Å². The molecule has 3 aromatic rings. The Morgan fingerprint density at radius 1 is 1.26 bits per heavy atom. The zero-order chi connectivity index (χ0) is 22.5. The van der Waals surface area contributed by atoms with Gasteiger partial charge in [-0.3, -0.25) is 9.78 Å². The first-order chi connectivity index (χ1) is 14.8. The average Bonchev–Trinajstić information content (AvgIpc) is 2.74. The van der Waals surface area contributed by atoms with Gasteiger partial charge in [0.1, 0.15) is 11.6 Å². The molecule has 3 rings (SSSR count). The Labute approximate surface area is 180 Å². The van der Waals surface area contributed by atoms with Crippen molar-refractivity contribution >= 4 is 34.1 Å². The number of benzene rings is 1. The van der Waals surface area contributed by atoms with Crippen molar-refractivity contribution in [2.45, 2.75) is 38.8 Å². The van der Waals surface area contributed by atoms with Gasteiger partial charge in [0.15, 0.2) is 11.6 Å². The minimum atomic E-state index is -0.795. The van der Waals surface area contributed by atoms with E-state index in [2.05, 4.69) is 20.6 Å². The lowest BCUT2D eigenvalue weighted by atomic mass is 10.1. The second-order valence-electron chi connectivity index (χ2n) is 7.39. The predicted molar refractivity (Wildman–Crippen MR) is 120 cm³/mol. The first-order valence-electron chi connectivity index (χ1n) is 10.1. The standard InChI is InChI=1S/C22H27FN6O2/c1-4-5-18(12(2)24)28-22-17(23)10-16(20(25)30)21(29-22)27-14-8-13-6-7-15(31-3)9-19(13)26-11-14/h6-12,18H,4-5,24H2,1-3H3,(H2,25,30)(H2,27,28,29)/t12-,18+/m0/s1. The van der Waals surface area contributed by atoms with Gasteiger partial charge in [-0.1, -0.05) is 13.3 Å². The van der Waals surface area contributed by atoms with Gasteiger partial charge < -0.3 is 26.8 Å². The van der Waals surface area contributed by atoms with Crippen molar-refractivity contribution in [2.75, 3.05) is 17.7 Å². The predicted octanol–water partition coefficient (Wildman–Crippen LogP) is 3.55. The number of primary amides is 1. The fraction of sp³-hybridized carbons (Fsp3) is 0.318. The largest absolute Gasteiger partial charge is 0.497 e. The van der Waals surface area contributed by atoms with Crippen LogP contribution in [0.4, 0.5) is 21.7 Å². The number of carbonyl (C=O) groups is 1. The molecule has 2 atom stereocenters. The van der Waals surface area contributed by atoms with E-state index in [-0.39, 0.29) is 29.3 Å². The molecule has 31 heavy (non-hydrogen) atoms. The summed E-state index contributed by atoms with van der Waals surface area (Å²) >= 11 is 0. The average molecular weight is 426 g/mol. The van der Waals surface area contributed by atoms with E-state index in [1.54, 1.807) is 13.3 Å². The molecular formula is C22H27FN6O2. The second-order valence-corrected chi connectivity index (χ2v) is 7.39. The maximum Gasteiger partial charge on any atom is 0.252 e. The maximum atomic E-state index is 14.6. The quantitative estimate of drug-likeness (QED) is 0.412. The minimum Gasteiger partial charge on any atom is -0.497 e. The molecule has 2 aromatic heterocycles. The number of carbonyl (C=O) groups excluding carboxylic acids is 1. The van der Waals surface area contributed by atoms with Gasteiger partial charge in [0.05, 0.1) is 30.1 Å². The Hall–Kier alpha value is -3.46. The highest BCUT2D eigenvalue weighted by Gasteiger charge is 2.20. The lowest BCUT2D eigenvalue weighted by Gasteiger charge is -2.23. The summed E-state index contributed by atoms with van der Waals surface area (Å²) in [5.41, 5.74) is 12.7. The van der Waals surface area contributed by atoms with Crippen LogP contribution in [0.2, 0.25) is 0 Å². The molecule has 1 aromatic carbocycles. The molecule has 0 radical (unpaired) electrons. The topological polar surface area (TPSA) is 128 Å². The molecule has 0 fully saturated rings. The van der Waals surface area contributed by atoms with Crippen molar-refractivity contribution in [3.05, 3.63) is 47.9 Å². The third kappa shape index (κ3) is 5.18. The molecule has 0 spiro atoms. The fourth-order valence-electron chi connectivity index (χ4n) is 3.26. The lowest BCUT2D eigenvalue weighted by molar-refractivity contribution is 0.100. The van der Waals surface area contributed by atoms with Gasteiger partial charge in [-0.15, -0.1) is 0 Å². The van der Waals surface area contributed by atoms with Crippen LogP contribution in [0.3, 0.4) is 0 Å². The molecule has 6 N–H and O–H groups in total. The summed E-state index contributed by atoms with van der Waals surface area (Å²) in [6.07, 6.45) is 3.21. The molecule has 0 aliphatic rings. The van der Waals surface area contributed by atoms with Crippen LogP contribution in [0.5, 0.6) is 5.75 Å². The SMILES string of the molecule is CCC[C@@H](Nc1nc(Nc2cnc3cc(OC)ccc3c2)c(C(N)=O)cc1F)[C@H](C)N. The van der Waals surface area contributed by atoms with E-state index in [4.69, 9.17) is 16.2 Å². The summed E-state index contributed by atoms with van der Waals surface area (Å²) in [4.78, 5) is 20.6. The van der Waals surface area contributed by atoms with E-state index in [0.29, 0.717) is 11.4 Å². The molecule has 0 aliphatic carbocycles. The highest BCUT2D eigenvalue weighted by atomic mass is 19.1. The van der Waals surface area contributed by atoms with Gasteiger partial charge in [-0.25, -0.2) is 9.37 Å². The molecule has 0 saturated heterocycles. The number of nitrogens with zero attached hydrogens (tertiary/aromatic N) is 2. The number of hydrogen-bond donors (Lipinski definition) is 4. The molecule has 0 unspecified atom stereocenters. The first kappa shape index (κ1) is 22.2. The maximum absolute atomic E-state index is 14.6. The van der Waals surface area contributed by atoms with Gasteiger partial charge in [0.25, 0.3) is 5.91 Å². The number of pyridine rings is 2. The van der Waals surface area contributed by atoms with Crippen LogP contribution < -0.4 is 26.8 Å². The van der Waals surface area contributed by atoms with Gasteiger partial charge in [-0.05, 0) is 37.6 Å². The third-order valence-corrected chi connectivity index (χ3v) is 4.95. The first-order valence-corrected chi connectivity index (χ1v) is 10.1. The molecule has 9 heteroatoms. The van der Waals surface area contributed by atoms with E-state index < -0.39 is 11.7 Å². The highest BCUT2D eigenvalue weighted by Crippen LogP contribution is 2.27. The summed E-state index contributed by atoms with van der Waals surface area (Å²) < 4.78 is 19.9. The lowest BCUT2D eigenvalue weighted by Crippen LogP contribution is -2.38. The Bertz CT molecular complexity index is 1090. The third-order valence-electron chi connectivity index (χ3n) is 4.95. The fourth-order valence-corrected chi connectivity index (χ4v) is 3.26. The molecule has 0 aliphatic heterocycles. The number of nitrogens with one attached hydrogen (secondary N) is 2. The van der Waals surface area contributed by atoms with Gasteiger partial charge in [-0.2, -0.15) is 0 Å². The van der Waals surface area contributed by atoms with Crippen molar-refractivity contribution < 1.29 is 13.9 Å². The van der Waals surface area contributed by atoms with Crippen molar-refractivity contribution in [1.29, 1.82) is 0 Å². The number of fused-ring (bicyclic) bond motifs is 1. The Balaban J connectivity index is 1.96. The number of hydrogen-bond acceptors (Lipinski definition) is 7. The van der Waals surface area contributed by atoms with Crippen molar-refractivity contribution in [3.63, 3.8) is 0 Å². The van der Waals surface area contributed by atoms with E-state index in [1.165, 1.54) is 0 Å². The van der Waals surface area contributed by atoms with Gasteiger partial charge in [0, 0.05) is 23.5 Å². The summed E-state index contributed by atoms with van der Waals surface area (Å²) in [7, 11) is 1.59. The number of aromatic nitrogens is 2. The smallest absolute Gasteiger partial charge is 0.252 e. The van der Waals surface area contributed by atoms with Crippen molar-refractivity contribution in [1.82, 2.24) is 9.97 Å². The van der Waals surface area contributed by atoms with E-state index >= 15 is 0 Å². The monoisotopic (exact) mass is 426 g/mol. The van der Waals surface area contributed by atoms with E-state index in [0.717, 1.165) is 29.8 Å². The molecule has 8 nitrogen and oxygen atoms in total. The molecule has 2 heterocycles. The molecule has 0 saturated carbocycles. The van der Waals surface area contributed by atoms with Crippen LogP contribution >= 0.6 is 0 Å². The van der Waals surface area contributed by atoms with Crippen molar-refractivity contribution in [2.24, 2.45) is 11.5 Å². The van der Waals surface area contributed by atoms with Gasteiger partial charge >= 0.3 is 0 Å². The molecule has 0 bridgehead atoms. The van der Waals surface area contributed by atoms with Crippen LogP contribution in [0.25, 0.3) is 10.9 Å². The number of ether oxygens (including phenoxy) is 1. The Morgan fingerprint density at radius 2 is 2.03 bits per heavy atom. The Morgan fingerprint density at radius 3 is 2.68 bits per heavy atom. The van der Waals surface area contributed by atoms with Crippen molar-refractivity contribution in [3.8, 4) is 5.75 Å². The number of nitrogens with two attached hydrogens (primary N) is 2. The second kappa shape index (κ2) is 9.57. The Kier molecular flexibility index (Phi) is 6.86. The minimum absolute atomic E-state index is 0.00161. The zero-order valence-electron chi connectivity index (χ0n) is 17.8. The number of anilines is 3. The van der Waals surface area contributed by atoms with Crippen LogP contribution in [0, 0.1) is 5.82 Å².